The van der Waals surface area contributed by atoms with E-state index in [1.807, 2.05) is 18.9 Å². The molecule has 0 radical (unpaired) electrons. The van der Waals surface area contributed by atoms with Crippen LogP contribution in [0.4, 0.5) is 0 Å². The Balaban J connectivity index is 3.71. The molecule has 0 saturated carbocycles. The molecule has 0 aliphatic rings. The maximum Gasteiger partial charge on any atom is 0.320 e. The van der Waals surface area contributed by atoms with Gasteiger partial charge in [0.25, 0.3) is 0 Å². The third-order valence-corrected chi connectivity index (χ3v) is 2.14. The van der Waals surface area contributed by atoms with Gasteiger partial charge in [-0.05, 0) is 27.3 Å². The summed E-state index contributed by atoms with van der Waals surface area (Å²) >= 11 is 0. The second kappa shape index (κ2) is 6.89. The Labute approximate surface area is 81.1 Å². The predicted molar refractivity (Wildman–Crippen MR) is 53.6 cm³/mol. The Hall–Kier alpha value is -0.570. The van der Waals surface area contributed by atoms with E-state index in [1.165, 1.54) is 0 Å². The number of hydrogen-bond acceptors (Lipinski definition) is 3. The van der Waals surface area contributed by atoms with Crippen molar-refractivity contribution >= 4 is 5.97 Å². The van der Waals surface area contributed by atoms with E-state index in [2.05, 4.69) is 13.8 Å². The highest BCUT2D eigenvalue weighted by atomic mass is 16.5. The third kappa shape index (κ3) is 5.64. The minimum absolute atomic E-state index is 0.132. The molecule has 0 fully saturated rings. The van der Waals surface area contributed by atoms with Crippen molar-refractivity contribution in [3.05, 3.63) is 0 Å². The molecule has 3 nitrogen and oxygen atoms in total. The lowest BCUT2D eigenvalue weighted by atomic mass is 10.2. The van der Waals surface area contributed by atoms with Gasteiger partial charge in [-0.2, -0.15) is 0 Å². The molecule has 0 saturated heterocycles. The van der Waals surface area contributed by atoms with Gasteiger partial charge in [-0.15, -0.1) is 0 Å². The van der Waals surface area contributed by atoms with Gasteiger partial charge in [0, 0.05) is 6.04 Å². The van der Waals surface area contributed by atoms with Crippen molar-refractivity contribution < 1.29 is 9.53 Å². The average Bonchev–Trinajstić information content (AvgIpc) is 2.05. The van der Waals surface area contributed by atoms with E-state index in [4.69, 9.17) is 4.74 Å². The molecule has 13 heavy (non-hydrogen) atoms. The summed E-state index contributed by atoms with van der Waals surface area (Å²) in [5, 5.41) is 0. The van der Waals surface area contributed by atoms with Crippen LogP contribution < -0.4 is 0 Å². The number of esters is 1. The number of likely N-dealkylation sites (N-methyl/N-ethyl adjacent to an activating group) is 1. The largest absolute Gasteiger partial charge is 0.465 e. The van der Waals surface area contributed by atoms with E-state index in [0.717, 1.165) is 12.8 Å². The highest BCUT2D eigenvalue weighted by Crippen LogP contribution is 2.03. The highest BCUT2D eigenvalue weighted by Gasteiger charge is 2.12. The molecule has 0 aliphatic heterocycles. The zero-order valence-corrected chi connectivity index (χ0v) is 9.17. The number of hydrogen-bond donors (Lipinski definition) is 0. The van der Waals surface area contributed by atoms with Crippen LogP contribution in [-0.4, -0.2) is 37.1 Å². The van der Waals surface area contributed by atoms with Crippen LogP contribution in [0.1, 0.15) is 33.6 Å². The van der Waals surface area contributed by atoms with Crippen molar-refractivity contribution in [3.8, 4) is 0 Å². The van der Waals surface area contributed by atoms with Crippen molar-refractivity contribution in [1.82, 2.24) is 4.90 Å². The highest BCUT2D eigenvalue weighted by molar-refractivity contribution is 5.71. The van der Waals surface area contributed by atoms with Crippen LogP contribution in [0, 0.1) is 0 Å². The second-order valence-corrected chi connectivity index (χ2v) is 3.36. The van der Waals surface area contributed by atoms with Gasteiger partial charge in [-0.25, -0.2) is 0 Å². The SMILES string of the molecule is CCCC(C)N(C)CC(=O)OCC. The smallest absolute Gasteiger partial charge is 0.320 e. The summed E-state index contributed by atoms with van der Waals surface area (Å²) in [6, 6.07) is 0.453. The zero-order valence-electron chi connectivity index (χ0n) is 9.17. The maximum atomic E-state index is 11.1. The van der Waals surface area contributed by atoms with Crippen molar-refractivity contribution in [2.45, 2.75) is 39.7 Å². The molecular formula is C10H21NO2. The van der Waals surface area contributed by atoms with E-state index in [-0.39, 0.29) is 5.97 Å². The lowest BCUT2D eigenvalue weighted by molar-refractivity contribution is -0.144. The summed E-state index contributed by atoms with van der Waals surface area (Å²) < 4.78 is 4.86. The molecule has 0 rings (SSSR count). The lowest BCUT2D eigenvalue weighted by Gasteiger charge is -2.22. The summed E-state index contributed by atoms with van der Waals surface area (Å²) in [4.78, 5) is 13.1. The third-order valence-electron chi connectivity index (χ3n) is 2.14. The topological polar surface area (TPSA) is 29.5 Å². The quantitative estimate of drug-likeness (QED) is 0.592. The first-order chi connectivity index (χ1) is 6.11. The molecule has 3 heteroatoms. The number of carbonyl (C=O) groups is 1. The van der Waals surface area contributed by atoms with Crippen LogP contribution in [0.2, 0.25) is 0 Å². The number of carbonyl (C=O) groups excluding carboxylic acids is 1. The summed E-state index contributed by atoms with van der Waals surface area (Å²) in [7, 11) is 1.96. The molecule has 78 valence electrons. The van der Waals surface area contributed by atoms with Gasteiger partial charge >= 0.3 is 5.97 Å². The monoisotopic (exact) mass is 187 g/mol. The summed E-state index contributed by atoms with van der Waals surface area (Å²) in [5.74, 6) is -0.132. The van der Waals surface area contributed by atoms with E-state index < -0.39 is 0 Å². The van der Waals surface area contributed by atoms with Gasteiger partial charge in [0.05, 0.1) is 13.2 Å². The molecule has 0 N–H and O–H groups in total. The van der Waals surface area contributed by atoms with Crippen LogP contribution in [-0.2, 0) is 9.53 Å². The van der Waals surface area contributed by atoms with Crippen molar-refractivity contribution in [2.24, 2.45) is 0 Å². The van der Waals surface area contributed by atoms with Crippen LogP contribution in [0.15, 0.2) is 0 Å². The summed E-state index contributed by atoms with van der Waals surface area (Å²) in [5.41, 5.74) is 0. The number of rotatable bonds is 6. The molecule has 0 aromatic heterocycles. The Morgan fingerprint density at radius 3 is 2.54 bits per heavy atom. The van der Waals surface area contributed by atoms with Crippen LogP contribution in [0.3, 0.4) is 0 Å². The molecule has 0 heterocycles. The average molecular weight is 187 g/mol. The van der Waals surface area contributed by atoms with E-state index in [1.54, 1.807) is 0 Å². The van der Waals surface area contributed by atoms with E-state index >= 15 is 0 Å². The fourth-order valence-corrected chi connectivity index (χ4v) is 1.20. The first-order valence-electron chi connectivity index (χ1n) is 4.97. The van der Waals surface area contributed by atoms with Gasteiger partial charge in [0.15, 0.2) is 0 Å². The Kier molecular flexibility index (Phi) is 6.59. The molecule has 0 aromatic carbocycles. The fraction of sp³-hybridized carbons (Fsp3) is 0.900. The van der Waals surface area contributed by atoms with Crippen LogP contribution in [0.5, 0.6) is 0 Å². The Morgan fingerprint density at radius 1 is 1.46 bits per heavy atom. The Bertz CT molecular complexity index is 148. The second-order valence-electron chi connectivity index (χ2n) is 3.36. The maximum absolute atomic E-state index is 11.1. The minimum atomic E-state index is -0.132. The molecule has 1 unspecified atom stereocenters. The van der Waals surface area contributed by atoms with E-state index in [9.17, 15) is 4.79 Å². The standard InChI is InChI=1S/C10H21NO2/c1-5-7-9(3)11(4)8-10(12)13-6-2/h9H,5-8H2,1-4H3. The van der Waals surface area contributed by atoms with Crippen molar-refractivity contribution in [1.29, 1.82) is 0 Å². The number of ether oxygens (including phenoxy) is 1. The summed E-state index contributed by atoms with van der Waals surface area (Å²) in [6.07, 6.45) is 2.27. The fourth-order valence-electron chi connectivity index (χ4n) is 1.20. The van der Waals surface area contributed by atoms with Gasteiger partial charge in [0.2, 0.25) is 0 Å². The van der Waals surface area contributed by atoms with Crippen molar-refractivity contribution in [3.63, 3.8) is 0 Å². The van der Waals surface area contributed by atoms with Gasteiger partial charge in [0.1, 0.15) is 0 Å². The lowest BCUT2D eigenvalue weighted by Crippen LogP contribution is -2.34. The van der Waals surface area contributed by atoms with Gasteiger partial charge < -0.3 is 4.74 Å². The van der Waals surface area contributed by atoms with Crippen LogP contribution >= 0.6 is 0 Å². The first-order valence-corrected chi connectivity index (χ1v) is 4.97. The normalized spacial score (nSPS) is 13.0. The van der Waals surface area contributed by atoms with E-state index in [0.29, 0.717) is 19.2 Å². The molecule has 0 bridgehead atoms. The number of nitrogens with zero attached hydrogens (tertiary/aromatic N) is 1. The molecule has 0 aliphatic carbocycles. The minimum Gasteiger partial charge on any atom is -0.465 e. The molecule has 0 aromatic rings. The van der Waals surface area contributed by atoms with Gasteiger partial charge in [-0.1, -0.05) is 13.3 Å². The molecular weight excluding hydrogens is 166 g/mol. The van der Waals surface area contributed by atoms with Gasteiger partial charge in [-0.3, -0.25) is 9.69 Å². The first kappa shape index (κ1) is 12.4. The van der Waals surface area contributed by atoms with Crippen LogP contribution in [0.25, 0.3) is 0 Å². The molecule has 1 atom stereocenters. The molecule has 0 amide bonds. The predicted octanol–water partition coefficient (Wildman–Crippen LogP) is 1.67. The van der Waals surface area contributed by atoms with Crippen molar-refractivity contribution in [2.75, 3.05) is 20.2 Å². The molecule has 0 spiro atoms. The Morgan fingerprint density at radius 2 is 2.08 bits per heavy atom. The summed E-state index contributed by atoms with van der Waals surface area (Å²) in [6.45, 7) is 6.97. The zero-order chi connectivity index (χ0) is 10.3.